The summed E-state index contributed by atoms with van der Waals surface area (Å²) in [4.78, 5) is 11.2. The number of hydrogen-bond acceptors (Lipinski definition) is 3. The minimum Gasteiger partial charge on any atom is -0.373 e. The van der Waals surface area contributed by atoms with Crippen molar-refractivity contribution in [3.8, 4) is 0 Å². The predicted molar refractivity (Wildman–Crippen MR) is 42.5 cm³/mol. The number of rotatable bonds is 2. The van der Waals surface area contributed by atoms with Gasteiger partial charge in [-0.05, 0) is 6.54 Å². The van der Waals surface area contributed by atoms with Crippen LogP contribution in [0.5, 0.6) is 0 Å². The first-order chi connectivity index (χ1) is 5.25. The van der Waals surface area contributed by atoms with Crippen molar-refractivity contribution in [2.45, 2.75) is 19.9 Å². The van der Waals surface area contributed by atoms with Gasteiger partial charge in [0.1, 0.15) is 6.61 Å². The van der Waals surface area contributed by atoms with Crippen molar-refractivity contribution < 1.29 is 9.53 Å². The topological polar surface area (TPSA) is 38.3 Å². The Labute approximate surface area is 67.1 Å². The van der Waals surface area contributed by atoms with Crippen LogP contribution in [0.25, 0.3) is 0 Å². The van der Waals surface area contributed by atoms with Crippen LogP contribution in [0.1, 0.15) is 13.8 Å². The zero-order chi connectivity index (χ0) is 8.27. The fraction of sp³-hybridized carbons (Fsp3) is 0.875. The Balaban J connectivity index is 2.48. The van der Waals surface area contributed by atoms with E-state index in [2.05, 4.69) is 5.32 Å². The number of hydrogen-bond donors (Lipinski definition) is 1. The third kappa shape index (κ3) is 2.01. The lowest BCUT2D eigenvalue weighted by Gasteiger charge is -2.27. The van der Waals surface area contributed by atoms with E-state index in [-0.39, 0.29) is 18.4 Å². The number of carbonyl (C=O) groups excluding carboxylic acids is 1. The van der Waals surface area contributed by atoms with Gasteiger partial charge in [0, 0.05) is 5.92 Å². The second-order valence-corrected chi connectivity index (χ2v) is 2.99. The van der Waals surface area contributed by atoms with Gasteiger partial charge in [-0.3, -0.25) is 4.79 Å². The lowest BCUT2D eigenvalue weighted by molar-refractivity contribution is -0.132. The molecule has 1 N–H and O–H groups in total. The van der Waals surface area contributed by atoms with E-state index in [4.69, 9.17) is 4.74 Å². The van der Waals surface area contributed by atoms with Gasteiger partial charge >= 0.3 is 0 Å². The average Bonchev–Trinajstić information content (AvgIpc) is 1.97. The van der Waals surface area contributed by atoms with E-state index in [9.17, 15) is 4.79 Å². The summed E-state index contributed by atoms with van der Waals surface area (Å²) in [5.41, 5.74) is 0. The molecule has 0 radical (unpaired) electrons. The molecule has 0 bridgehead atoms. The maximum atomic E-state index is 11.2. The molecule has 3 nitrogen and oxygen atoms in total. The van der Waals surface area contributed by atoms with E-state index in [0.717, 1.165) is 6.54 Å². The van der Waals surface area contributed by atoms with Crippen LogP contribution >= 0.6 is 0 Å². The first-order valence-corrected chi connectivity index (χ1v) is 4.09. The van der Waals surface area contributed by atoms with Gasteiger partial charge in [0.05, 0.1) is 12.6 Å². The Morgan fingerprint density at radius 1 is 1.73 bits per heavy atom. The summed E-state index contributed by atoms with van der Waals surface area (Å²) >= 11 is 0. The predicted octanol–water partition coefficient (Wildman–Crippen LogP) is 0.200. The zero-order valence-corrected chi connectivity index (χ0v) is 7.09. The highest BCUT2D eigenvalue weighted by Gasteiger charge is 2.28. The Bertz CT molecular complexity index is 147. The molecule has 1 aliphatic rings. The van der Waals surface area contributed by atoms with Crippen molar-refractivity contribution in [3.05, 3.63) is 0 Å². The van der Waals surface area contributed by atoms with Crippen LogP contribution in [0.2, 0.25) is 0 Å². The van der Waals surface area contributed by atoms with Crippen molar-refractivity contribution in [3.63, 3.8) is 0 Å². The lowest BCUT2D eigenvalue weighted by Crippen LogP contribution is -2.48. The minimum atomic E-state index is 0.0220. The highest BCUT2D eigenvalue weighted by molar-refractivity contribution is 5.86. The van der Waals surface area contributed by atoms with Gasteiger partial charge in [-0.15, -0.1) is 0 Å². The van der Waals surface area contributed by atoms with Crippen molar-refractivity contribution >= 4 is 5.78 Å². The molecule has 0 spiro atoms. The van der Waals surface area contributed by atoms with Gasteiger partial charge in [-0.2, -0.15) is 0 Å². The summed E-state index contributed by atoms with van der Waals surface area (Å²) in [6, 6.07) is 0.0220. The fourth-order valence-corrected chi connectivity index (χ4v) is 1.38. The Morgan fingerprint density at radius 2 is 2.45 bits per heavy atom. The van der Waals surface area contributed by atoms with E-state index in [1.165, 1.54) is 0 Å². The molecule has 1 saturated heterocycles. The molecule has 1 rings (SSSR count). The number of nitrogens with one attached hydrogen (secondary N) is 1. The van der Waals surface area contributed by atoms with Gasteiger partial charge < -0.3 is 10.1 Å². The summed E-state index contributed by atoms with van der Waals surface area (Å²) < 4.78 is 5.08. The molecule has 11 heavy (non-hydrogen) atoms. The summed E-state index contributed by atoms with van der Waals surface area (Å²) in [6.07, 6.45) is 0. The zero-order valence-electron chi connectivity index (χ0n) is 7.09. The van der Waals surface area contributed by atoms with Crippen molar-refractivity contribution in [1.29, 1.82) is 0 Å². The second kappa shape index (κ2) is 3.83. The van der Waals surface area contributed by atoms with Gasteiger partial charge in [0.25, 0.3) is 0 Å². The minimum absolute atomic E-state index is 0.0220. The molecule has 0 aromatic rings. The summed E-state index contributed by atoms with van der Waals surface area (Å²) in [6.45, 7) is 5.87. The lowest BCUT2D eigenvalue weighted by atomic mass is 9.97. The second-order valence-electron chi connectivity index (χ2n) is 2.99. The largest absolute Gasteiger partial charge is 0.373 e. The molecule has 3 heteroatoms. The smallest absolute Gasteiger partial charge is 0.175 e. The number of ether oxygens (including phenoxy) is 1. The van der Waals surface area contributed by atoms with E-state index < -0.39 is 0 Å². The van der Waals surface area contributed by atoms with Gasteiger partial charge in [0.15, 0.2) is 5.78 Å². The fourth-order valence-electron chi connectivity index (χ4n) is 1.38. The number of carbonyl (C=O) groups is 1. The summed E-state index contributed by atoms with van der Waals surface area (Å²) in [5.74, 6) is 0.502. The van der Waals surface area contributed by atoms with Crippen LogP contribution in [-0.2, 0) is 9.53 Å². The first kappa shape index (κ1) is 8.68. The van der Waals surface area contributed by atoms with Crippen LogP contribution in [0, 0.1) is 5.92 Å². The number of ketones is 1. The first-order valence-electron chi connectivity index (χ1n) is 4.09. The van der Waals surface area contributed by atoms with E-state index in [1.54, 1.807) is 0 Å². The third-order valence-corrected chi connectivity index (χ3v) is 1.97. The van der Waals surface area contributed by atoms with Crippen LogP contribution in [0.3, 0.4) is 0 Å². The monoisotopic (exact) mass is 157 g/mol. The molecule has 0 aliphatic carbocycles. The van der Waals surface area contributed by atoms with Gasteiger partial charge in [-0.1, -0.05) is 13.8 Å². The Kier molecular flexibility index (Phi) is 3.02. The Morgan fingerprint density at radius 3 is 3.00 bits per heavy atom. The summed E-state index contributed by atoms with van der Waals surface area (Å²) in [5, 5.41) is 3.15. The van der Waals surface area contributed by atoms with E-state index in [1.807, 2.05) is 13.8 Å². The highest BCUT2D eigenvalue weighted by Crippen LogP contribution is 2.10. The number of likely N-dealkylation sites (N-methyl/N-ethyl adjacent to an activating group) is 1. The van der Waals surface area contributed by atoms with Crippen LogP contribution in [-0.4, -0.2) is 31.6 Å². The summed E-state index contributed by atoms with van der Waals surface area (Å²) in [7, 11) is 0. The maximum Gasteiger partial charge on any atom is 0.175 e. The molecule has 1 aliphatic heterocycles. The van der Waals surface area contributed by atoms with E-state index in [0.29, 0.717) is 12.5 Å². The molecule has 1 heterocycles. The quantitative estimate of drug-likeness (QED) is 0.622. The maximum absolute atomic E-state index is 11.2. The Hall–Kier alpha value is -0.410. The molecule has 0 saturated carbocycles. The number of Topliss-reactive ketones (excluding diaryl/α,β-unsaturated/α-hetero) is 1. The molecule has 1 fully saturated rings. The third-order valence-electron chi connectivity index (χ3n) is 1.97. The van der Waals surface area contributed by atoms with Crippen LogP contribution in [0.15, 0.2) is 0 Å². The highest BCUT2D eigenvalue weighted by atomic mass is 16.5. The molecule has 2 atom stereocenters. The molecule has 2 unspecified atom stereocenters. The standard InChI is InChI=1S/C8H15NO2/c1-3-9-8-6(2)4-11-5-7(8)10/h6,8-9H,3-5H2,1-2H3. The molecular weight excluding hydrogens is 142 g/mol. The average molecular weight is 157 g/mol. The molecule has 0 amide bonds. The van der Waals surface area contributed by atoms with Gasteiger partial charge in [0.2, 0.25) is 0 Å². The molecule has 64 valence electrons. The van der Waals surface area contributed by atoms with Crippen LogP contribution in [0.4, 0.5) is 0 Å². The SMILES string of the molecule is CCNC1C(=O)COCC1C. The van der Waals surface area contributed by atoms with Crippen molar-refractivity contribution in [1.82, 2.24) is 5.32 Å². The molecule has 0 aromatic heterocycles. The van der Waals surface area contributed by atoms with E-state index >= 15 is 0 Å². The van der Waals surface area contributed by atoms with Gasteiger partial charge in [-0.25, -0.2) is 0 Å². The normalized spacial score (nSPS) is 32.4. The van der Waals surface area contributed by atoms with Crippen LogP contribution < -0.4 is 5.32 Å². The van der Waals surface area contributed by atoms with Crippen molar-refractivity contribution in [2.24, 2.45) is 5.92 Å². The van der Waals surface area contributed by atoms with Crippen molar-refractivity contribution in [2.75, 3.05) is 19.8 Å². The molecular formula is C8H15NO2. The molecule has 0 aromatic carbocycles.